The summed E-state index contributed by atoms with van der Waals surface area (Å²) in [5.74, 6) is -2.48. The van der Waals surface area contributed by atoms with Gasteiger partial charge in [-0.25, -0.2) is 14.8 Å². The third-order valence-electron chi connectivity index (χ3n) is 7.75. The smallest absolute Gasteiger partial charge is 0.341 e. The lowest BCUT2D eigenvalue weighted by Gasteiger charge is -2.29. The molecule has 0 saturated carbocycles. The van der Waals surface area contributed by atoms with E-state index in [0.717, 1.165) is 40.2 Å². The van der Waals surface area contributed by atoms with E-state index in [0.29, 0.717) is 28.2 Å². The molecule has 2 amide bonds. The van der Waals surface area contributed by atoms with Gasteiger partial charge in [0.25, 0.3) is 11.6 Å². The van der Waals surface area contributed by atoms with Gasteiger partial charge in [0.1, 0.15) is 10.9 Å². The summed E-state index contributed by atoms with van der Waals surface area (Å²) >= 11 is 1.30. The first-order valence-electron chi connectivity index (χ1n) is 13.3. The van der Waals surface area contributed by atoms with E-state index in [1.807, 2.05) is 31.2 Å². The average Bonchev–Trinajstić information content (AvgIpc) is 3.59. The van der Waals surface area contributed by atoms with Crippen LogP contribution in [0.3, 0.4) is 0 Å². The molecule has 0 bridgehead atoms. The molecule has 2 aromatic carbocycles. The first kappa shape index (κ1) is 26.1. The lowest BCUT2D eigenvalue weighted by molar-refractivity contribution is -0.384. The van der Waals surface area contributed by atoms with Crippen molar-refractivity contribution in [3.8, 4) is 0 Å². The molecule has 2 saturated heterocycles. The highest BCUT2D eigenvalue weighted by Crippen LogP contribution is 2.51. The number of fused-ring (bicyclic) bond motifs is 2. The number of nitro groups is 1. The van der Waals surface area contributed by atoms with Crippen molar-refractivity contribution in [1.29, 1.82) is 0 Å². The molecule has 2 aliphatic heterocycles. The van der Waals surface area contributed by atoms with E-state index >= 15 is 0 Å². The van der Waals surface area contributed by atoms with Crippen LogP contribution in [-0.2, 0) is 32.0 Å². The molecule has 1 aromatic heterocycles. The predicted octanol–water partition coefficient (Wildman–Crippen LogP) is 5.07. The molecule has 0 spiro atoms. The maximum Gasteiger partial charge on any atom is 0.341 e. The van der Waals surface area contributed by atoms with Crippen LogP contribution in [0.25, 0.3) is 0 Å². The van der Waals surface area contributed by atoms with Crippen LogP contribution in [0.5, 0.6) is 0 Å². The number of aryl methyl sites for hydroxylation is 2. The molecular formula is C29H27N3O7S. The van der Waals surface area contributed by atoms with Gasteiger partial charge in [0.2, 0.25) is 5.91 Å². The maximum absolute atomic E-state index is 14.2. The van der Waals surface area contributed by atoms with E-state index in [1.54, 1.807) is 24.1 Å². The summed E-state index contributed by atoms with van der Waals surface area (Å²) < 4.78 is 5.35. The number of carbonyl (C=O) groups is 3. The predicted molar refractivity (Wildman–Crippen MR) is 147 cm³/mol. The Morgan fingerprint density at radius 3 is 2.52 bits per heavy atom. The number of non-ortho nitro benzene ring substituents is 1. The number of rotatable bonds is 6. The summed E-state index contributed by atoms with van der Waals surface area (Å²) in [7, 11) is 0. The van der Waals surface area contributed by atoms with Crippen molar-refractivity contribution in [1.82, 2.24) is 0 Å². The van der Waals surface area contributed by atoms with Crippen LogP contribution in [0.2, 0.25) is 0 Å². The Labute approximate surface area is 234 Å². The minimum atomic E-state index is -1.12. The topological polar surface area (TPSA) is 119 Å². The number of amides is 2. The van der Waals surface area contributed by atoms with Crippen molar-refractivity contribution in [3.05, 3.63) is 85.8 Å². The molecule has 0 unspecified atom stereocenters. The number of hydrogen-bond donors (Lipinski definition) is 0. The number of nitrogens with zero attached hydrogens (tertiary/aromatic N) is 3. The number of anilines is 2. The monoisotopic (exact) mass is 561 g/mol. The highest BCUT2D eigenvalue weighted by molar-refractivity contribution is 7.17. The van der Waals surface area contributed by atoms with Crippen molar-refractivity contribution in [2.24, 2.45) is 5.92 Å². The molecule has 3 atom stereocenters. The van der Waals surface area contributed by atoms with E-state index in [4.69, 9.17) is 9.57 Å². The SMILES string of the molecule is CCOC(=O)c1c(N2C(=O)[C@H]3[C@H](ON(c4ccccc4C)[C@@H]3c3ccc([N+](=O)[O-])cc3)C2=O)sc2c1CCCC2. The number of imide groups is 1. The van der Waals surface area contributed by atoms with Gasteiger partial charge in [-0.2, -0.15) is 0 Å². The van der Waals surface area contributed by atoms with Gasteiger partial charge >= 0.3 is 5.97 Å². The number of benzene rings is 2. The third-order valence-corrected chi connectivity index (χ3v) is 9.03. The second-order valence-electron chi connectivity index (χ2n) is 10.1. The minimum absolute atomic E-state index is 0.0830. The molecule has 3 heterocycles. The van der Waals surface area contributed by atoms with Crippen LogP contribution in [0.1, 0.15) is 57.7 Å². The van der Waals surface area contributed by atoms with Gasteiger partial charge in [-0.05, 0) is 62.3 Å². The molecule has 3 aromatic rings. The van der Waals surface area contributed by atoms with Crippen LogP contribution in [-0.4, -0.2) is 35.4 Å². The first-order chi connectivity index (χ1) is 19.3. The molecule has 6 rings (SSSR count). The largest absolute Gasteiger partial charge is 0.462 e. The fourth-order valence-corrected chi connectivity index (χ4v) is 7.28. The lowest BCUT2D eigenvalue weighted by Crippen LogP contribution is -2.38. The Balaban J connectivity index is 1.45. The second-order valence-corrected chi connectivity index (χ2v) is 11.2. The van der Waals surface area contributed by atoms with Gasteiger partial charge in [0, 0.05) is 17.0 Å². The molecule has 40 heavy (non-hydrogen) atoms. The summed E-state index contributed by atoms with van der Waals surface area (Å²) in [4.78, 5) is 60.4. The summed E-state index contributed by atoms with van der Waals surface area (Å²) in [6, 6.07) is 12.7. The number of esters is 1. The van der Waals surface area contributed by atoms with Crippen molar-refractivity contribution in [3.63, 3.8) is 0 Å². The van der Waals surface area contributed by atoms with E-state index < -0.39 is 40.8 Å². The van der Waals surface area contributed by atoms with Crippen molar-refractivity contribution < 1.29 is 28.9 Å². The van der Waals surface area contributed by atoms with Gasteiger partial charge < -0.3 is 4.74 Å². The Morgan fingerprint density at radius 2 is 1.82 bits per heavy atom. The van der Waals surface area contributed by atoms with Crippen LogP contribution in [0.4, 0.5) is 16.4 Å². The highest BCUT2D eigenvalue weighted by atomic mass is 32.1. The van der Waals surface area contributed by atoms with Crippen LogP contribution in [0.15, 0.2) is 48.5 Å². The quantitative estimate of drug-likeness (QED) is 0.177. The van der Waals surface area contributed by atoms with Gasteiger partial charge in [-0.1, -0.05) is 30.3 Å². The van der Waals surface area contributed by atoms with Gasteiger partial charge in [0.15, 0.2) is 6.10 Å². The fourth-order valence-electron chi connectivity index (χ4n) is 5.89. The minimum Gasteiger partial charge on any atom is -0.462 e. The molecular weight excluding hydrogens is 534 g/mol. The second kappa shape index (κ2) is 10.1. The Kier molecular flexibility index (Phi) is 6.63. The van der Waals surface area contributed by atoms with Crippen LogP contribution >= 0.6 is 11.3 Å². The van der Waals surface area contributed by atoms with E-state index in [9.17, 15) is 24.5 Å². The summed E-state index contributed by atoms with van der Waals surface area (Å²) in [5.41, 5.74) is 3.23. The zero-order valence-electron chi connectivity index (χ0n) is 22.0. The summed E-state index contributed by atoms with van der Waals surface area (Å²) in [5, 5.41) is 13.2. The lowest BCUT2D eigenvalue weighted by atomic mass is 9.90. The Hall–Kier alpha value is -4.09. The molecule has 3 aliphatic rings. The standard InChI is InChI=1S/C29H27N3O7S/c1-3-38-29(35)22-19-9-5-7-11-21(19)40-28(22)30-26(33)23-24(17-12-14-18(15-13-17)32(36)37)31(39-25(23)27(30)34)20-10-6-4-8-16(20)2/h4,6,8,10,12-15,23-25H,3,5,7,9,11H2,1-2H3/t23-,24-,25+/m1/s1. The van der Waals surface area contributed by atoms with Gasteiger partial charge in [0.05, 0.1) is 28.8 Å². The fraction of sp³-hybridized carbons (Fsp3) is 0.345. The van der Waals surface area contributed by atoms with Gasteiger partial charge in [-0.15, -0.1) is 11.3 Å². The van der Waals surface area contributed by atoms with Gasteiger partial charge in [-0.3, -0.25) is 24.5 Å². The molecule has 206 valence electrons. The molecule has 1 aliphatic carbocycles. The van der Waals surface area contributed by atoms with Crippen LogP contribution < -0.4 is 9.96 Å². The maximum atomic E-state index is 14.2. The highest BCUT2D eigenvalue weighted by Gasteiger charge is 2.61. The normalized spacial score (nSPS) is 21.9. The summed E-state index contributed by atoms with van der Waals surface area (Å²) in [6.45, 7) is 3.79. The zero-order chi connectivity index (χ0) is 28.1. The molecule has 0 radical (unpaired) electrons. The number of hydroxylamine groups is 1. The number of carbonyl (C=O) groups excluding carboxylic acids is 3. The van der Waals surface area contributed by atoms with Crippen molar-refractivity contribution in [2.75, 3.05) is 16.6 Å². The Morgan fingerprint density at radius 1 is 1.10 bits per heavy atom. The average molecular weight is 562 g/mol. The van der Waals surface area contributed by atoms with Crippen molar-refractivity contribution in [2.45, 2.75) is 51.7 Å². The molecule has 11 heteroatoms. The van der Waals surface area contributed by atoms with E-state index in [2.05, 4.69) is 0 Å². The number of nitro benzene ring substituents is 1. The molecule has 10 nitrogen and oxygen atoms in total. The van der Waals surface area contributed by atoms with Crippen LogP contribution in [0, 0.1) is 23.0 Å². The summed E-state index contributed by atoms with van der Waals surface area (Å²) in [6.07, 6.45) is 2.23. The number of ether oxygens (including phenoxy) is 1. The Bertz CT molecular complexity index is 1530. The number of hydrogen-bond acceptors (Lipinski definition) is 9. The first-order valence-corrected chi connectivity index (χ1v) is 14.1. The zero-order valence-corrected chi connectivity index (χ0v) is 22.8. The number of thiophene rings is 1. The third kappa shape index (κ3) is 4.08. The number of para-hydroxylation sites is 1. The van der Waals surface area contributed by atoms with Crippen molar-refractivity contribution >= 4 is 45.5 Å². The molecule has 2 fully saturated rings. The van der Waals surface area contributed by atoms with E-state index in [-0.39, 0.29) is 12.3 Å². The molecule has 0 N–H and O–H groups in total. The van der Waals surface area contributed by atoms with E-state index in [1.165, 1.54) is 23.5 Å².